The van der Waals surface area contributed by atoms with Crippen molar-refractivity contribution in [1.82, 2.24) is 4.72 Å². The average molecular weight is 556 g/mol. The maximum absolute atomic E-state index is 13.3. The third-order valence-electron chi connectivity index (χ3n) is 6.19. The van der Waals surface area contributed by atoms with Crippen LogP contribution in [0.25, 0.3) is 11.1 Å². The van der Waals surface area contributed by atoms with E-state index in [9.17, 15) is 17.8 Å². The lowest BCUT2D eigenvalue weighted by atomic mass is 9.87. The van der Waals surface area contributed by atoms with Gasteiger partial charge in [0.2, 0.25) is 10.0 Å². The zero-order valence-electron chi connectivity index (χ0n) is 22.0. The van der Waals surface area contributed by atoms with Crippen LogP contribution in [0.15, 0.2) is 76.5 Å². The molecule has 0 fully saturated rings. The van der Waals surface area contributed by atoms with Crippen LogP contribution < -0.4 is 9.46 Å². The average Bonchev–Trinajstić information content (AvgIpc) is 2.86. The van der Waals surface area contributed by atoms with E-state index in [4.69, 9.17) is 9.47 Å². The molecular formula is C29H33NO6S2. The molecular weight excluding hydrogens is 522 g/mol. The second-order valence-electron chi connectivity index (χ2n) is 10.3. The van der Waals surface area contributed by atoms with E-state index in [-0.39, 0.29) is 11.5 Å². The van der Waals surface area contributed by atoms with E-state index in [1.807, 2.05) is 30.3 Å². The van der Waals surface area contributed by atoms with E-state index in [0.717, 1.165) is 35.1 Å². The van der Waals surface area contributed by atoms with Crippen LogP contribution in [0.5, 0.6) is 5.75 Å². The van der Waals surface area contributed by atoms with Gasteiger partial charge < -0.3 is 14.0 Å². The van der Waals surface area contributed by atoms with Crippen molar-refractivity contribution in [1.29, 1.82) is 0 Å². The van der Waals surface area contributed by atoms with E-state index < -0.39 is 38.8 Å². The highest BCUT2D eigenvalue weighted by Crippen LogP contribution is 2.36. The minimum absolute atomic E-state index is 0.168. The minimum Gasteiger partial charge on any atom is -0.612 e. The molecule has 0 bridgehead atoms. The third kappa shape index (κ3) is 6.96. The zero-order valence-corrected chi connectivity index (χ0v) is 23.7. The first-order valence-corrected chi connectivity index (χ1v) is 15.5. The number of rotatable bonds is 8. The highest BCUT2D eigenvalue weighted by atomic mass is 32.2. The molecule has 7 nitrogen and oxygen atoms in total. The van der Waals surface area contributed by atoms with Crippen LogP contribution in [0.4, 0.5) is 0 Å². The lowest BCUT2D eigenvalue weighted by Crippen LogP contribution is -2.31. The topological polar surface area (TPSA) is 105 Å². The van der Waals surface area contributed by atoms with Crippen LogP contribution in [0, 0.1) is 0 Å². The second-order valence-corrected chi connectivity index (χ2v) is 13.4. The molecule has 0 aliphatic heterocycles. The summed E-state index contributed by atoms with van der Waals surface area (Å²) < 4.78 is 52.4. The van der Waals surface area contributed by atoms with E-state index in [1.165, 1.54) is 0 Å². The van der Waals surface area contributed by atoms with Crippen LogP contribution >= 0.6 is 0 Å². The van der Waals surface area contributed by atoms with Crippen molar-refractivity contribution >= 4 is 27.2 Å². The summed E-state index contributed by atoms with van der Waals surface area (Å²) in [6.07, 6.45) is 3.79. The van der Waals surface area contributed by atoms with Gasteiger partial charge in [0.15, 0.2) is 11.5 Å². The van der Waals surface area contributed by atoms with Gasteiger partial charge in [-0.05, 0) is 97.7 Å². The monoisotopic (exact) mass is 555 g/mol. The second kappa shape index (κ2) is 11.5. The van der Waals surface area contributed by atoms with Gasteiger partial charge in [0.05, 0.1) is 4.90 Å². The summed E-state index contributed by atoms with van der Waals surface area (Å²) in [5, 5.41) is 0. The standard InChI is InChI=1S/C29H33NO6S2/c1-29(2,3)36-28(31)19-35-27-13-7-10-24-25(27)11-6-12-26(24)30-38(33,34)23-16-14-20(15-17-23)21-8-5-9-22(18-21)37(4)32/h5,7-10,13-18,26,30H,6,11-12,19H2,1-4H3/t26-,37?/m1/s1. The van der Waals surface area contributed by atoms with Gasteiger partial charge in [-0.15, -0.1) is 0 Å². The Bertz CT molecular complexity index is 1400. The molecule has 1 aliphatic rings. The van der Waals surface area contributed by atoms with Gasteiger partial charge >= 0.3 is 5.97 Å². The smallest absolute Gasteiger partial charge is 0.344 e. The predicted octanol–water partition coefficient (Wildman–Crippen LogP) is 5.17. The molecule has 0 saturated carbocycles. The Morgan fingerprint density at radius 1 is 1.05 bits per heavy atom. The van der Waals surface area contributed by atoms with Crippen LogP contribution in [0.3, 0.4) is 0 Å². The highest BCUT2D eigenvalue weighted by molar-refractivity contribution is 7.90. The molecule has 4 rings (SSSR count). The molecule has 1 N–H and O–H groups in total. The summed E-state index contributed by atoms with van der Waals surface area (Å²) in [5.41, 5.74) is 2.86. The molecule has 0 spiro atoms. The number of carbonyl (C=O) groups excluding carboxylic acids is 1. The van der Waals surface area contributed by atoms with Crippen LogP contribution in [-0.4, -0.2) is 37.4 Å². The number of benzene rings is 3. The number of ether oxygens (including phenoxy) is 2. The number of hydrogen-bond acceptors (Lipinski definition) is 6. The van der Waals surface area contributed by atoms with Crippen molar-refractivity contribution in [2.45, 2.75) is 61.5 Å². The molecule has 2 atom stereocenters. The summed E-state index contributed by atoms with van der Waals surface area (Å²) in [5.74, 6) is 0.109. The van der Waals surface area contributed by atoms with Gasteiger partial charge in [-0.1, -0.05) is 36.4 Å². The molecule has 38 heavy (non-hydrogen) atoms. The Kier molecular flexibility index (Phi) is 8.52. The van der Waals surface area contributed by atoms with Crippen molar-refractivity contribution in [3.05, 3.63) is 77.9 Å². The Hall–Kier alpha value is -2.85. The summed E-state index contributed by atoms with van der Waals surface area (Å²) in [6.45, 7) is 5.18. The van der Waals surface area contributed by atoms with Crippen LogP contribution in [0.2, 0.25) is 0 Å². The quantitative estimate of drug-likeness (QED) is 0.304. The molecule has 0 heterocycles. The van der Waals surface area contributed by atoms with E-state index in [2.05, 4.69) is 4.72 Å². The Morgan fingerprint density at radius 3 is 2.45 bits per heavy atom. The van der Waals surface area contributed by atoms with Gasteiger partial charge in [-0.2, -0.15) is 0 Å². The van der Waals surface area contributed by atoms with E-state index in [0.29, 0.717) is 17.1 Å². The largest absolute Gasteiger partial charge is 0.612 e. The molecule has 9 heteroatoms. The number of carbonyl (C=O) groups is 1. The van der Waals surface area contributed by atoms with Gasteiger partial charge in [0.1, 0.15) is 17.6 Å². The molecule has 0 radical (unpaired) electrons. The molecule has 3 aromatic carbocycles. The highest BCUT2D eigenvalue weighted by Gasteiger charge is 2.28. The number of nitrogens with one attached hydrogen (secondary N) is 1. The summed E-state index contributed by atoms with van der Waals surface area (Å²) in [4.78, 5) is 13.0. The fraction of sp³-hybridized carbons (Fsp3) is 0.345. The number of hydrogen-bond donors (Lipinski definition) is 1. The number of esters is 1. The maximum atomic E-state index is 13.3. The lowest BCUT2D eigenvalue weighted by molar-refractivity contribution is -0.157. The third-order valence-corrected chi connectivity index (χ3v) is 8.60. The van der Waals surface area contributed by atoms with Crippen LogP contribution in [0.1, 0.15) is 50.8 Å². The first-order chi connectivity index (χ1) is 17.9. The van der Waals surface area contributed by atoms with Gasteiger partial charge in [0.25, 0.3) is 0 Å². The first kappa shape index (κ1) is 28.2. The fourth-order valence-corrected chi connectivity index (χ4v) is 6.33. The predicted molar refractivity (Wildman–Crippen MR) is 148 cm³/mol. The number of fused-ring (bicyclic) bond motifs is 1. The van der Waals surface area contributed by atoms with Gasteiger partial charge in [-0.25, -0.2) is 17.9 Å². The summed E-state index contributed by atoms with van der Waals surface area (Å²) in [6, 6.07) is 19.1. The van der Waals surface area contributed by atoms with Gasteiger partial charge in [-0.3, -0.25) is 0 Å². The molecule has 0 amide bonds. The normalized spacial score (nSPS) is 16.4. The van der Waals surface area contributed by atoms with Crippen molar-refractivity contribution in [2.75, 3.05) is 12.9 Å². The minimum atomic E-state index is -3.80. The van der Waals surface area contributed by atoms with Crippen molar-refractivity contribution in [2.24, 2.45) is 0 Å². The summed E-state index contributed by atoms with van der Waals surface area (Å²) in [7, 11) is -3.80. The first-order valence-electron chi connectivity index (χ1n) is 12.5. The molecule has 1 unspecified atom stereocenters. The van der Waals surface area contributed by atoms with Crippen molar-refractivity contribution in [3.63, 3.8) is 0 Å². The van der Waals surface area contributed by atoms with E-state index >= 15 is 0 Å². The molecule has 202 valence electrons. The molecule has 1 aliphatic carbocycles. The van der Waals surface area contributed by atoms with Crippen molar-refractivity contribution < 1.29 is 27.2 Å². The van der Waals surface area contributed by atoms with E-state index in [1.54, 1.807) is 63.4 Å². The van der Waals surface area contributed by atoms with Crippen molar-refractivity contribution in [3.8, 4) is 16.9 Å². The zero-order chi connectivity index (χ0) is 27.5. The Labute approximate surface area is 227 Å². The SMILES string of the molecule is C[S+]([O-])c1cccc(-c2ccc(S(=O)(=O)N[C@@H]3CCCc4c(OCC(=O)OC(C)(C)C)cccc43)cc2)c1. The molecule has 0 aromatic heterocycles. The summed E-state index contributed by atoms with van der Waals surface area (Å²) >= 11 is -1.10. The molecule has 0 saturated heterocycles. The van der Waals surface area contributed by atoms with Gasteiger partial charge in [0, 0.05) is 12.1 Å². The molecule has 3 aromatic rings. The number of sulfonamides is 1. The Morgan fingerprint density at radius 2 is 1.76 bits per heavy atom. The van der Waals surface area contributed by atoms with Crippen LogP contribution in [-0.2, 0) is 37.2 Å². The Balaban J connectivity index is 1.49. The maximum Gasteiger partial charge on any atom is 0.344 e. The fourth-order valence-electron chi connectivity index (χ4n) is 4.52. The lowest BCUT2D eigenvalue weighted by Gasteiger charge is -2.28.